The molecule has 0 saturated heterocycles. The summed E-state index contributed by atoms with van der Waals surface area (Å²) in [6.45, 7) is 3.52. The maximum Gasteiger partial charge on any atom is 0.0590 e. The van der Waals surface area contributed by atoms with Gasteiger partial charge in [-0.3, -0.25) is 0 Å². The van der Waals surface area contributed by atoms with Crippen LogP contribution in [0.1, 0.15) is 39.0 Å². The lowest BCUT2D eigenvalue weighted by atomic mass is 9.98. The van der Waals surface area contributed by atoms with E-state index in [0.29, 0.717) is 5.92 Å². The summed E-state index contributed by atoms with van der Waals surface area (Å²) in [7, 11) is 0. The van der Waals surface area contributed by atoms with Crippen LogP contribution in [0.3, 0.4) is 0 Å². The van der Waals surface area contributed by atoms with E-state index in [1.807, 2.05) is 6.92 Å². The number of rotatable bonds is 3. The molecule has 0 aromatic rings. The van der Waals surface area contributed by atoms with Crippen molar-refractivity contribution in [3.63, 3.8) is 0 Å². The van der Waals surface area contributed by atoms with Gasteiger partial charge in [-0.25, -0.2) is 0 Å². The summed E-state index contributed by atoms with van der Waals surface area (Å²) in [6, 6.07) is 0. The van der Waals surface area contributed by atoms with Crippen LogP contribution in [0.15, 0.2) is 0 Å². The highest BCUT2D eigenvalue weighted by atomic mass is 16.5. The SMILES string of the molecule is CCOC[C@@H]1CCCCC[C@H]1O. The van der Waals surface area contributed by atoms with Crippen LogP contribution in [-0.4, -0.2) is 24.4 Å². The summed E-state index contributed by atoms with van der Waals surface area (Å²) in [5.74, 6) is 0.396. The Hall–Kier alpha value is -0.0800. The van der Waals surface area contributed by atoms with Crippen LogP contribution < -0.4 is 0 Å². The van der Waals surface area contributed by atoms with Crippen LogP contribution >= 0.6 is 0 Å². The molecule has 1 aliphatic carbocycles. The Balaban J connectivity index is 2.26. The molecule has 0 aliphatic heterocycles. The van der Waals surface area contributed by atoms with Crippen molar-refractivity contribution in [3.8, 4) is 0 Å². The standard InChI is InChI=1S/C10H20O2/c1-2-12-8-9-6-4-3-5-7-10(9)11/h9-11H,2-8H2,1H3/t9-,10+/m0/s1. The van der Waals surface area contributed by atoms with Crippen LogP contribution in [0.25, 0.3) is 0 Å². The highest BCUT2D eigenvalue weighted by Gasteiger charge is 2.21. The molecule has 1 aliphatic rings. The highest BCUT2D eigenvalue weighted by Crippen LogP contribution is 2.23. The first-order valence-electron chi connectivity index (χ1n) is 5.10. The van der Waals surface area contributed by atoms with E-state index in [4.69, 9.17) is 4.74 Å². The average Bonchev–Trinajstić information content (AvgIpc) is 2.27. The molecule has 0 amide bonds. The van der Waals surface area contributed by atoms with Crippen molar-refractivity contribution in [2.24, 2.45) is 5.92 Å². The normalized spacial score (nSPS) is 31.5. The summed E-state index contributed by atoms with van der Waals surface area (Å²) < 4.78 is 5.34. The predicted molar refractivity (Wildman–Crippen MR) is 49.1 cm³/mol. The van der Waals surface area contributed by atoms with Crippen molar-refractivity contribution in [1.29, 1.82) is 0 Å². The van der Waals surface area contributed by atoms with Crippen molar-refractivity contribution < 1.29 is 9.84 Å². The van der Waals surface area contributed by atoms with E-state index in [1.165, 1.54) is 19.3 Å². The molecule has 0 radical (unpaired) electrons. The van der Waals surface area contributed by atoms with Crippen molar-refractivity contribution in [1.82, 2.24) is 0 Å². The molecule has 2 nitrogen and oxygen atoms in total. The molecule has 1 rings (SSSR count). The van der Waals surface area contributed by atoms with Gasteiger partial charge in [-0.1, -0.05) is 19.3 Å². The van der Waals surface area contributed by atoms with Crippen LogP contribution in [0, 0.1) is 5.92 Å². The van der Waals surface area contributed by atoms with Gasteiger partial charge in [0.1, 0.15) is 0 Å². The smallest absolute Gasteiger partial charge is 0.0590 e. The van der Waals surface area contributed by atoms with E-state index < -0.39 is 0 Å². The van der Waals surface area contributed by atoms with Gasteiger partial charge in [-0.15, -0.1) is 0 Å². The zero-order valence-corrected chi connectivity index (χ0v) is 7.96. The molecule has 72 valence electrons. The van der Waals surface area contributed by atoms with Crippen LogP contribution in [0.2, 0.25) is 0 Å². The Bertz CT molecular complexity index is 114. The lowest BCUT2D eigenvalue weighted by Gasteiger charge is -2.19. The number of hydrogen-bond donors (Lipinski definition) is 1. The number of ether oxygens (including phenoxy) is 1. The first-order chi connectivity index (χ1) is 5.84. The minimum atomic E-state index is -0.112. The maximum atomic E-state index is 9.70. The minimum absolute atomic E-state index is 0.112. The third-order valence-corrected chi connectivity index (χ3v) is 2.66. The Morgan fingerprint density at radius 3 is 2.75 bits per heavy atom. The van der Waals surface area contributed by atoms with E-state index in [0.717, 1.165) is 26.1 Å². The molecule has 2 atom stereocenters. The fourth-order valence-electron chi connectivity index (χ4n) is 1.83. The van der Waals surface area contributed by atoms with E-state index in [-0.39, 0.29) is 6.10 Å². The van der Waals surface area contributed by atoms with Crippen molar-refractivity contribution in [2.45, 2.75) is 45.1 Å². The third-order valence-electron chi connectivity index (χ3n) is 2.66. The van der Waals surface area contributed by atoms with Crippen molar-refractivity contribution >= 4 is 0 Å². The summed E-state index contributed by atoms with van der Waals surface area (Å²) in [5.41, 5.74) is 0. The Morgan fingerprint density at radius 2 is 2.00 bits per heavy atom. The second kappa shape index (κ2) is 5.55. The van der Waals surface area contributed by atoms with Crippen LogP contribution in [0.5, 0.6) is 0 Å². The third kappa shape index (κ3) is 3.11. The van der Waals surface area contributed by atoms with Gasteiger partial charge in [0.25, 0.3) is 0 Å². The van der Waals surface area contributed by atoms with Gasteiger partial charge in [-0.2, -0.15) is 0 Å². The van der Waals surface area contributed by atoms with Gasteiger partial charge in [0.05, 0.1) is 12.7 Å². The fourth-order valence-corrected chi connectivity index (χ4v) is 1.83. The number of aliphatic hydroxyl groups excluding tert-OH is 1. The molecule has 1 saturated carbocycles. The van der Waals surface area contributed by atoms with Crippen molar-refractivity contribution in [2.75, 3.05) is 13.2 Å². The first kappa shape index (κ1) is 10.0. The topological polar surface area (TPSA) is 29.5 Å². The zero-order chi connectivity index (χ0) is 8.81. The van der Waals surface area contributed by atoms with Gasteiger partial charge < -0.3 is 9.84 Å². The molecule has 0 heterocycles. The zero-order valence-electron chi connectivity index (χ0n) is 7.96. The largest absolute Gasteiger partial charge is 0.393 e. The molecular formula is C10H20O2. The maximum absolute atomic E-state index is 9.70. The van der Waals surface area contributed by atoms with Gasteiger partial charge in [0.15, 0.2) is 0 Å². The van der Waals surface area contributed by atoms with Gasteiger partial charge >= 0.3 is 0 Å². The second-order valence-corrected chi connectivity index (χ2v) is 3.62. The molecule has 0 aromatic carbocycles. The summed E-state index contributed by atoms with van der Waals surface area (Å²) in [4.78, 5) is 0. The number of hydrogen-bond acceptors (Lipinski definition) is 2. The summed E-state index contributed by atoms with van der Waals surface area (Å²) in [6.07, 6.45) is 5.72. The van der Waals surface area contributed by atoms with Gasteiger partial charge in [0, 0.05) is 12.5 Å². The van der Waals surface area contributed by atoms with Crippen LogP contribution in [-0.2, 0) is 4.74 Å². The number of aliphatic hydroxyl groups is 1. The van der Waals surface area contributed by atoms with E-state index in [1.54, 1.807) is 0 Å². The Kier molecular flexibility index (Phi) is 4.62. The predicted octanol–water partition coefficient (Wildman–Crippen LogP) is 1.96. The van der Waals surface area contributed by atoms with Crippen molar-refractivity contribution in [3.05, 3.63) is 0 Å². The fraction of sp³-hybridized carbons (Fsp3) is 1.00. The molecule has 1 N–H and O–H groups in total. The van der Waals surface area contributed by atoms with Crippen LogP contribution in [0.4, 0.5) is 0 Å². The lowest BCUT2D eigenvalue weighted by Crippen LogP contribution is -2.23. The molecule has 1 fully saturated rings. The molecule has 0 unspecified atom stereocenters. The average molecular weight is 172 g/mol. The molecule has 0 bridgehead atoms. The Morgan fingerprint density at radius 1 is 1.25 bits per heavy atom. The summed E-state index contributed by atoms with van der Waals surface area (Å²) in [5, 5.41) is 9.70. The molecule has 0 aromatic heterocycles. The molecule has 2 heteroatoms. The van der Waals surface area contributed by atoms with E-state index in [2.05, 4.69) is 0 Å². The minimum Gasteiger partial charge on any atom is -0.393 e. The second-order valence-electron chi connectivity index (χ2n) is 3.62. The monoisotopic (exact) mass is 172 g/mol. The van der Waals surface area contributed by atoms with Gasteiger partial charge in [0.2, 0.25) is 0 Å². The molecule has 12 heavy (non-hydrogen) atoms. The summed E-state index contributed by atoms with van der Waals surface area (Å²) >= 11 is 0. The quantitative estimate of drug-likeness (QED) is 0.659. The molecular weight excluding hydrogens is 152 g/mol. The van der Waals surface area contributed by atoms with E-state index >= 15 is 0 Å². The molecule has 0 spiro atoms. The van der Waals surface area contributed by atoms with E-state index in [9.17, 15) is 5.11 Å². The van der Waals surface area contributed by atoms with Gasteiger partial charge in [-0.05, 0) is 19.8 Å². The Labute approximate surface area is 74.9 Å². The lowest BCUT2D eigenvalue weighted by molar-refractivity contribution is 0.0288. The highest BCUT2D eigenvalue weighted by molar-refractivity contribution is 4.72. The first-order valence-corrected chi connectivity index (χ1v) is 5.10.